The first-order valence-corrected chi connectivity index (χ1v) is 6.51. The van der Waals surface area contributed by atoms with Gasteiger partial charge < -0.3 is 0 Å². The molecule has 0 heterocycles. The van der Waals surface area contributed by atoms with Crippen LogP contribution in [0, 0.1) is 19.7 Å². The third-order valence-corrected chi connectivity index (χ3v) is 4.05. The fourth-order valence-electron chi connectivity index (χ4n) is 1.69. The van der Waals surface area contributed by atoms with Gasteiger partial charge in [0.15, 0.2) is 0 Å². The van der Waals surface area contributed by atoms with Crippen LogP contribution in [-0.2, 0) is 10.0 Å². The maximum Gasteiger partial charge on any atom is 0.241 e. The van der Waals surface area contributed by atoms with Gasteiger partial charge in [-0.1, -0.05) is 0 Å². The molecule has 3 nitrogen and oxygen atoms in total. The topological polar surface area (TPSA) is 46.2 Å². The van der Waals surface area contributed by atoms with E-state index >= 15 is 0 Å². The number of hydrogen-bond acceptors (Lipinski definition) is 2. The van der Waals surface area contributed by atoms with E-state index in [0.717, 1.165) is 0 Å². The van der Waals surface area contributed by atoms with E-state index in [1.807, 2.05) is 0 Å². The Balaban J connectivity index is 3.34. The average molecular weight is 245 g/mol. The summed E-state index contributed by atoms with van der Waals surface area (Å²) in [5, 5.41) is 0. The molecule has 0 aromatic heterocycles. The molecule has 1 N–H and O–H groups in total. The number of nitrogens with one attached hydrogen (secondary N) is 1. The Kier molecular flexibility index (Phi) is 3.70. The van der Waals surface area contributed by atoms with Crippen LogP contribution >= 0.6 is 0 Å². The first-order valence-electron chi connectivity index (χ1n) is 5.03. The monoisotopic (exact) mass is 245 g/mol. The molecule has 0 radical (unpaired) electrons. The van der Waals surface area contributed by atoms with Crippen molar-refractivity contribution in [2.75, 3.05) is 0 Å². The minimum atomic E-state index is -3.55. The Hall–Kier alpha value is -0.940. The Morgan fingerprint density at radius 2 is 1.62 bits per heavy atom. The second-order valence-corrected chi connectivity index (χ2v) is 5.80. The van der Waals surface area contributed by atoms with Crippen molar-refractivity contribution in [2.45, 2.75) is 38.6 Å². The molecular weight excluding hydrogens is 229 g/mol. The number of sulfonamides is 1. The SMILES string of the molecule is Cc1cc(F)cc(C)c1S(=O)(=O)NC(C)C. The van der Waals surface area contributed by atoms with Crippen LogP contribution in [0.5, 0.6) is 0 Å². The van der Waals surface area contributed by atoms with Gasteiger partial charge in [-0.15, -0.1) is 0 Å². The Morgan fingerprint density at radius 1 is 1.19 bits per heavy atom. The molecule has 0 aliphatic heterocycles. The summed E-state index contributed by atoms with van der Waals surface area (Å²) >= 11 is 0. The van der Waals surface area contributed by atoms with Crippen LogP contribution in [0.1, 0.15) is 25.0 Å². The van der Waals surface area contributed by atoms with Gasteiger partial charge in [-0.05, 0) is 51.0 Å². The summed E-state index contributed by atoms with van der Waals surface area (Å²) in [5.74, 6) is -0.418. The van der Waals surface area contributed by atoms with Gasteiger partial charge in [-0.3, -0.25) is 0 Å². The van der Waals surface area contributed by atoms with Crippen LogP contribution in [-0.4, -0.2) is 14.5 Å². The smallest absolute Gasteiger partial charge is 0.209 e. The molecule has 0 aliphatic rings. The lowest BCUT2D eigenvalue weighted by Crippen LogP contribution is -2.31. The highest BCUT2D eigenvalue weighted by Gasteiger charge is 2.20. The van der Waals surface area contributed by atoms with E-state index < -0.39 is 15.8 Å². The van der Waals surface area contributed by atoms with Gasteiger partial charge in [0, 0.05) is 6.04 Å². The number of aryl methyl sites for hydroxylation is 2. The molecule has 90 valence electrons. The molecule has 1 aromatic rings. The molecule has 5 heteroatoms. The fourth-order valence-corrected chi connectivity index (χ4v) is 3.39. The normalized spacial score (nSPS) is 12.1. The molecule has 0 saturated heterocycles. The first kappa shape index (κ1) is 13.1. The van der Waals surface area contributed by atoms with Crippen LogP contribution in [0.4, 0.5) is 4.39 Å². The number of hydrogen-bond donors (Lipinski definition) is 1. The van der Waals surface area contributed by atoms with Crippen molar-refractivity contribution >= 4 is 10.0 Å². The molecule has 0 spiro atoms. The van der Waals surface area contributed by atoms with Crippen LogP contribution < -0.4 is 4.72 Å². The largest absolute Gasteiger partial charge is 0.241 e. The molecule has 0 unspecified atom stereocenters. The van der Waals surface area contributed by atoms with Crippen molar-refractivity contribution < 1.29 is 12.8 Å². The average Bonchev–Trinajstić information content (AvgIpc) is 1.96. The highest BCUT2D eigenvalue weighted by atomic mass is 32.2. The lowest BCUT2D eigenvalue weighted by molar-refractivity contribution is 0.567. The minimum Gasteiger partial charge on any atom is -0.209 e. The van der Waals surface area contributed by atoms with E-state index in [0.29, 0.717) is 11.1 Å². The summed E-state index contributed by atoms with van der Waals surface area (Å²) in [4.78, 5) is 0.169. The van der Waals surface area contributed by atoms with Crippen LogP contribution in [0.15, 0.2) is 17.0 Å². The van der Waals surface area contributed by atoms with Crippen molar-refractivity contribution in [1.82, 2.24) is 4.72 Å². The van der Waals surface area contributed by atoms with Gasteiger partial charge in [-0.25, -0.2) is 17.5 Å². The third kappa shape index (κ3) is 2.80. The molecule has 0 aliphatic carbocycles. The van der Waals surface area contributed by atoms with Gasteiger partial charge in [-0.2, -0.15) is 0 Å². The zero-order valence-electron chi connectivity index (χ0n) is 9.83. The van der Waals surface area contributed by atoms with Crippen LogP contribution in [0.25, 0.3) is 0 Å². The van der Waals surface area contributed by atoms with Crippen LogP contribution in [0.3, 0.4) is 0 Å². The van der Waals surface area contributed by atoms with Gasteiger partial charge in [0.25, 0.3) is 0 Å². The fraction of sp³-hybridized carbons (Fsp3) is 0.455. The quantitative estimate of drug-likeness (QED) is 0.886. The molecule has 0 bridgehead atoms. The lowest BCUT2D eigenvalue weighted by Gasteiger charge is -2.14. The standard InChI is InChI=1S/C11H16FNO2S/c1-7(2)13-16(14,15)11-8(3)5-10(12)6-9(11)4/h5-7,13H,1-4H3. The first-order chi connectivity index (χ1) is 7.24. The Labute approximate surface area is 95.7 Å². The molecule has 0 atom stereocenters. The summed E-state index contributed by atoms with van der Waals surface area (Å²) in [6.07, 6.45) is 0. The minimum absolute atomic E-state index is 0.169. The van der Waals surface area contributed by atoms with E-state index in [9.17, 15) is 12.8 Å². The Bertz CT molecular complexity index is 472. The second-order valence-electron chi connectivity index (χ2n) is 4.14. The molecule has 1 aromatic carbocycles. The summed E-state index contributed by atoms with van der Waals surface area (Å²) in [7, 11) is -3.55. The second kappa shape index (κ2) is 4.51. The van der Waals surface area contributed by atoms with Crippen molar-refractivity contribution in [1.29, 1.82) is 0 Å². The summed E-state index contributed by atoms with van der Waals surface area (Å²) in [6.45, 7) is 6.66. The van der Waals surface area contributed by atoms with Gasteiger partial charge in [0.05, 0.1) is 4.90 Å². The zero-order valence-corrected chi connectivity index (χ0v) is 10.7. The number of benzene rings is 1. The number of rotatable bonds is 3. The summed E-state index contributed by atoms with van der Waals surface area (Å²) in [6, 6.07) is 2.26. The molecular formula is C11H16FNO2S. The van der Waals surface area contributed by atoms with Gasteiger partial charge in [0.2, 0.25) is 10.0 Å². The van der Waals surface area contributed by atoms with Crippen molar-refractivity contribution in [3.05, 3.63) is 29.1 Å². The number of halogens is 1. The summed E-state index contributed by atoms with van der Waals surface area (Å²) in [5.41, 5.74) is 0.844. The van der Waals surface area contributed by atoms with Crippen molar-refractivity contribution in [3.8, 4) is 0 Å². The molecule has 0 amide bonds. The Morgan fingerprint density at radius 3 is 2.00 bits per heavy atom. The van der Waals surface area contributed by atoms with E-state index in [1.165, 1.54) is 12.1 Å². The maximum absolute atomic E-state index is 13.0. The highest BCUT2D eigenvalue weighted by molar-refractivity contribution is 7.89. The molecule has 1 rings (SSSR count). The van der Waals surface area contributed by atoms with E-state index in [4.69, 9.17) is 0 Å². The molecule has 0 fully saturated rings. The summed E-state index contributed by atoms with van der Waals surface area (Å²) < 4.78 is 39.5. The lowest BCUT2D eigenvalue weighted by atomic mass is 10.1. The highest BCUT2D eigenvalue weighted by Crippen LogP contribution is 2.21. The van der Waals surface area contributed by atoms with E-state index in [2.05, 4.69) is 4.72 Å². The maximum atomic E-state index is 13.0. The third-order valence-electron chi connectivity index (χ3n) is 2.08. The predicted octanol–water partition coefficient (Wildman–Crippen LogP) is 2.13. The van der Waals surface area contributed by atoms with E-state index in [1.54, 1.807) is 27.7 Å². The van der Waals surface area contributed by atoms with Gasteiger partial charge >= 0.3 is 0 Å². The van der Waals surface area contributed by atoms with Gasteiger partial charge in [0.1, 0.15) is 5.82 Å². The van der Waals surface area contributed by atoms with Crippen molar-refractivity contribution in [3.63, 3.8) is 0 Å². The van der Waals surface area contributed by atoms with E-state index in [-0.39, 0.29) is 10.9 Å². The van der Waals surface area contributed by atoms with Crippen molar-refractivity contribution in [2.24, 2.45) is 0 Å². The van der Waals surface area contributed by atoms with Crippen LogP contribution in [0.2, 0.25) is 0 Å². The molecule has 0 saturated carbocycles. The zero-order chi connectivity index (χ0) is 12.5. The molecule has 16 heavy (non-hydrogen) atoms. The predicted molar refractivity (Wildman–Crippen MR) is 61.3 cm³/mol.